The molecule has 1 aliphatic heterocycles. The number of alkyl halides is 1. The maximum atomic E-state index is 11.8. The summed E-state index contributed by atoms with van der Waals surface area (Å²) in [6.07, 6.45) is 1.31. The molecule has 1 amide bonds. The van der Waals surface area contributed by atoms with E-state index >= 15 is 0 Å². The molecular weight excluding hydrogens is 261 g/mol. The van der Waals surface area contributed by atoms with Gasteiger partial charge in [0.1, 0.15) is 5.60 Å². The van der Waals surface area contributed by atoms with Gasteiger partial charge in [0.15, 0.2) is 0 Å². The monoisotopic (exact) mass is 279 g/mol. The molecule has 0 aromatic heterocycles. The van der Waals surface area contributed by atoms with Gasteiger partial charge in [-0.25, -0.2) is 4.79 Å². The highest BCUT2D eigenvalue weighted by Gasteiger charge is 2.25. The highest BCUT2D eigenvalue weighted by molar-refractivity contribution is 6.36. The fraction of sp³-hybridized carbons (Fsp3) is 0.750. The molecule has 0 N–H and O–H groups in total. The van der Waals surface area contributed by atoms with Crippen molar-refractivity contribution in [1.29, 1.82) is 0 Å². The number of carbonyl (C=O) groups excluding carboxylic acids is 1. The van der Waals surface area contributed by atoms with Crippen LogP contribution in [-0.4, -0.2) is 35.6 Å². The minimum Gasteiger partial charge on any atom is -0.444 e. The van der Waals surface area contributed by atoms with E-state index in [4.69, 9.17) is 27.9 Å². The standard InChI is InChI=1S/C12H19Cl2NO2/c1-12(2,3)17-11(16)15-6-4-9(5-7-15)10(14)8-13/h4-8H2,1-3H3. The summed E-state index contributed by atoms with van der Waals surface area (Å²) in [4.78, 5) is 13.5. The van der Waals surface area contributed by atoms with E-state index in [1.165, 1.54) is 0 Å². The second-order valence-electron chi connectivity index (χ2n) is 5.11. The Morgan fingerprint density at radius 2 is 1.88 bits per heavy atom. The number of amides is 1. The van der Waals surface area contributed by atoms with Crippen molar-refractivity contribution in [2.75, 3.05) is 19.0 Å². The van der Waals surface area contributed by atoms with Gasteiger partial charge in [-0.2, -0.15) is 0 Å². The van der Waals surface area contributed by atoms with Crippen LogP contribution in [0.5, 0.6) is 0 Å². The number of rotatable bonds is 1. The van der Waals surface area contributed by atoms with Crippen LogP contribution in [-0.2, 0) is 4.74 Å². The number of hydrogen-bond acceptors (Lipinski definition) is 2. The third kappa shape index (κ3) is 4.76. The van der Waals surface area contributed by atoms with Crippen LogP contribution < -0.4 is 0 Å². The number of allylic oxidation sites excluding steroid dienone is 1. The molecule has 3 nitrogen and oxygen atoms in total. The number of nitrogens with zero attached hydrogens (tertiary/aromatic N) is 1. The van der Waals surface area contributed by atoms with Crippen molar-refractivity contribution >= 4 is 29.3 Å². The molecule has 0 aliphatic carbocycles. The lowest BCUT2D eigenvalue weighted by molar-refractivity contribution is 0.0236. The maximum Gasteiger partial charge on any atom is 0.410 e. The summed E-state index contributed by atoms with van der Waals surface area (Å²) in [6, 6.07) is 0. The van der Waals surface area contributed by atoms with Gasteiger partial charge >= 0.3 is 6.09 Å². The molecule has 1 saturated heterocycles. The van der Waals surface area contributed by atoms with E-state index in [0.717, 1.165) is 23.4 Å². The van der Waals surface area contributed by atoms with E-state index < -0.39 is 5.60 Å². The van der Waals surface area contributed by atoms with E-state index in [1.807, 2.05) is 20.8 Å². The summed E-state index contributed by atoms with van der Waals surface area (Å²) in [7, 11) is 0. The van der Waals surface area contributed by atoms with Crippen LogP contribution in [0.2, 0.25) is 0 Å². The van der Waals surface area contributed by atoms with Gasteiger partial charge in [0.2, 0.25) is 0 Å². The van der Waals surface area contributed by atoms with Crippen molar-refractivity contribution in [3.8, 4) is 0 Å². The molecule has 1 heterocycles. The molecule has 0 radical (unpaired) electrons. The lowest BCUT2D eigenvalue weighted by Crippen LogP contribution is -2.40. The molecule has 17 heavy (non-hydrogen) atoms. The van der Waals surface area contributed by atoms with Gasteiger partial charge in [-0.3, -0.25) is 0 Å². The fourth-order valence-corrected chi connectivity index (χ4v) is 2.03. The molecule has 1 rings (SSSR count). The smallest absolute Gasteiger partial charge is 0.410 e. The Labute approximate surface area is 113 Å². The summed E-state index contributed by atoms with van der Waals surface area (Å²) >= 11 is 11.7. The zero-order valence-corrected chi connectivity index (χ0v) is 12.1. The van der Waals surface area contributed by atoms with Crippen LogP contribution in [0.1, 0.15) is 33.6 Å². The average molecular weight is 280 g/mol. The Hall–Kier alpha value is -0.410. The molecule has 0 unspecified atom stereocenters. The Morgan fingerprint density at radius 3 is 2.29 bits per heavy atom. The molecular formula is C12H19Cl2NO2. The molecule has 0 aromatic carbocycles. The lowest BCUT2D eigenvalue weighted by atomic mass is 10.0. The van der Waals surface area contributed by atoms with Gasteiger partial charge in [-0.05, 0) is 33.6 Å². The number of carbonyl (C=O) groups is 1. The summed E-state index contributed by atoms with van der Waals surface area (Å²) < 4.78 is 5.31. The Morgan fingerprint density at radius 1 is 1.35 bits per heavy atom. The van der Waals surface area contributed by atoms with Crippen LogP contribution in [0.4, 0.5) is 4.79 Å². The van der Waals surface area contributed by atoms with Crippen molar-refractivity contribution in [3.63, 3.8) is 0 Å². The van der Waals surface area contributed by atoms with Gasteiger partial charge in [-0.1, -0.05) is 17.2 Å². The van der Waals surface area contributed by atoms with E-state index in [9.17, 15) is 4.79 Å². The molecule has 98 valence electrons. The van der Waals surface area contributed by atoms with Gasteiger partial charge in [-0.15, -0.1) is 11.6 Å². The zero-order valence-electron chi connectivity index (χ0n) is 10.6. The number of likely N-dealkylation sites (tertiary alicyclic amines) is 1. The second kappa shape index (κ2) is 5.96. The van der Waals surface area contributed by atoms with Gasteiger partial charge in [0.05, 0.1) is 5.88 Å². The van der Waals surface area contributed by atoms with Crippen LogP contribution >= 0.6 is 23.2 Å². The van der Waals surface area contributed by atoms with E-state index in [0.29, 0.717) is 19.0 Å². The van der Waals surface area contributed by atoms with Crippen molar-refractivity contribution in [2.24, 2.45) is 0 Å². The normalized spacial score (nSPS) is 17.0. The molecule has 0 atom stereocenters. The largest absolute Gasteiger partial charge is 0.444 e. The highest BCUT2D eigenvalue weighted by Crippen LogP contribution is 2.24. The Bertz CT molecular complexity index is 311. The molecule has 0 bridgehead atoms. The topological polar surface area (TPSA) is 29.5 Å². The minimum atomic E-state index is -0.443. The summed E-state index contributed by atoms with van der Waals surface area (Å²) in [5.41, 5.74) is 0.711. The lowest BCUT2D eigenvalue weighted by Gasteiger charge is -2.31. The van der Waals surface area contributed by atoms with Gasteiger partial charge in [0, 0.05) is 18.1 Å². The predicted molar refractivity (Wildman–Crippen MR) is 70.6 cm³/mol. The molecule has 0 saturated carbocycles. The van der Waals surface area contributed by atoms with E-state index in [-0.39, 0.29) is 6.09 Å². The van der Waals surface area contributed by atoms with Gasteiger partial charge in [0.25, 0.3) is 0 Å². The number of ether oxygens (including phenoxy) is 1. The molecule has 5 heteroatoms. The maximum absolute atomic E-state index is 11.8. The van der Waals surface area contributed by atoms with E-state index in [2.05, 4.69) is 0 Å². The van der Waals surface area contributed by atoms with Crippen molar-refractivity contribution in [1.82, 2.24) is 4.90 Å². The number of hydrogen-bond donors (Lipinski definition) is 0. The van der Waals surface area contributed by atoms with Crippen molar-refractivity contribution in [3.05, 3.63) is 10.6 Å². The molecule has 1 fully saturated rings. The van der Waals surface area contributed by atoms with Gasteiger partial charge < -0.3 is 9.64 Å². The quantitative estimate of drug-likeness (QED) is 0.685. The number of piperidine rings is 1. The molecule has 1 aliphatic rings. The summed E-state index contributed by atoms with van der Waals surface area (Å²) in [6.45, 7) is 6.90. The number of halogens is 2. The first-order valence-corrected chi connectivity index (χ1v) is 6.65. The Kier molecular flexibility index (Phi) is 5.14. The fourth-order valence-electron chi connectivity index (χ4n) is 1.65. The van der Waals surface area contributed by atoms with Crippen LogP contribution in [0.15, 0.2) is 10.6 Å². The van der Waals surface area contributed by atoms with E-state index in [1.54, 1.807) is 4.90 Å². The second-order valence-corrected chi connectivity index (χ2v) is 5.83. The Balaban J connectivity index is 2.50. The molecule has 0 aromatic rings. The average Bonchev–Trinajstić information content (AvgIpc) is 2.26. The predicted octanol–water partition coefficient (Wildman–Crippen LogP) is 3.75. The third-order valence-electron chi connectivity index (χ3n) is 2.52. The third-order valence-corrected chi connectivity index (χ3v) is 3.32. The summed E-state index contributed by atoms with van der Waals surface area (Å²) in [5.74, 6) is 0.351. The van der Waals surface area contributed by atoms with Crippen LogP contribution in [0.25, 0.3) is 0 Å². The first-order valence-electron chi connectivity index (χ1n) is 5.74. The highest BCUT2D eigenvalue weighted by atomic mass is 35.5. The molecule has 0 spiro atoms. The van der Waals surface area contributed by atoms with Crippen molar-refractivity contribution < 1.29 is 9.53 Å². The first-order chi connectivity index (χ1) is 7.83. The van der Waals surface area contributed by atoms with Crippen LogP contribution in [0, 0.1) is 0 Å². The zero-order chi connectivity index (χ0) is 13.1. The SMILES string of the molecule is CC(C)(C)OC(=O)N1CCC(=C(Cl)CCl)CC1. The first kappa shape index (κ1) is 14.7. The summed E-state index contributed by atoms with van der Waals surface area (Å²) in [5, 5.41) is 0.718. The van der Waals surface area contributed by atoms with Crippen molar-refractivity contribution in [2.45, 2.75) is 39.2 Å². The minimum absolute atomic E-state index is 0.251. The van der Waals surface area contributed by atoms with Crippen LogP contribution in [0.3, 0.4) is 0 Å².